The van der Waals surface area contributed by atoms with Crippen molar-refractivity contribution in [2.24, 2.45) is 0 Å². The van der Waals surface area contributed by atoms with E-state index >= 15 is 0 Å². The molecule has 136 valence electrons. The molecule has 8 nitrogen and oxygen atoms in total. The van der Waals surface area contributed by atoms with E-state index in [9.17, 15) is 25.2 Å². The highest BCUT2D eigenvalue weighted by molar-refractivity contribution is 6.18. The molecule has 1 fully saturated rings. The van der Waals surface area contributed by atoms with Crippen molar-refractivity contribution in [2.45, 2.75) is 37.1 Å². The summed E-state index contributed by atoms with van der Waals surface area (Å²) in [7, 11) is 0. The fourth-order valence-electron chi connectivity index (χ4n) is 2.15. The summed E-state index contributed by atoms with van der Waals surface area (Å²) in [6, 6.07) is 0. The lowest BCUT2D eigenvalue weighted by molar-refractivity contribution is -0.288. The summed E-state index contributed by atoms with van der Waals surface area (Å²) in [6.07, 6.45) is -7.01. The second-order valence-electron chi connectivity index (χ2n) is 5.12. The van der Waals surface area contributed by atoms with E-state index in [4.69, 9.17) is 32.7 Å². The van der Waals surface area contributed by atoms with Crippen molar-refractivity contribution in [1.29, 1.82) is 0 Å². The number of alkyl halides is 2. The maximum Gasteiger partial charge on any atom is 0.224 e. The van der Waals surface area contributed by atoms with Gasteiger partial charge in [-0.05, 0) is 0 Å². The number of carbonyl (C=O) groups excluding carboxylic acids is 1. The maximum absolute atomic E-state index is 11.9. The van der Waals surface area contributed by atoms with E-state index in [1.54, 1.807) is 0 Å². The lowest BCUT2D eigenvalue weighted by atomic mass is 9.99. The molecule has 0 aliphatic carbocycles. The zero-order valence-electron chi connectivity index (χ0n) is 12.6. The standard InChI is InChI=1S/C13H23Cl2NO7/c14-2-4-16(5-3-15)9(17)1-6-22-7-8-10(18)11(19)12(20)13(21)23-8/h8,10-13,18-21H,1-7H2. The van der Waals surface area contributed by atoms with E-state index in [0.717, 1.165) is 0 Å². The van der Waals surface area contributed by atoms with Crippen LogP contribution in [0.2, 0.25) is 0 Å². The Morgan fingerprint density at radius 2 is 1.65 bits per heavy atom. The lowest BCUT2D eigenvalue weighted by Crippen LogP contribution is -2.58. The van der Waals surface area contributed by atoms with Crippen LogP contribution in [0.1, 0.15) is 6.42 Å². The molecule has 1 rings (SSSR count). The predicted octanol–water partition coefficient (Wildman–Crippen LogP) is -1.50. The summed E-state index contributed by atoms with van der Waals surface area (Å²) in [5.41, 5.74) is 0. The number of nitrogens with zero attached hydrogens (tertiary/aromatic N) is 1. The van der Waals surface area contributed by atoms with Crippen LogP contribution >= 0.6 is 23.2 Å². The maximum atomic E-state index is 11.9. The first-order valence-electron chi connectivity index (χ1n) is 7.27. The van der Waals surface area contributed by atoms with Gasteiger partial charge < -0.3 is 34.8 Å². The fourth-order valence-corrected chi connectivity index (χ4v) is 2.56. The topological polar surface area (TPSA) is 120 Å². The summed E-state index contributed by atoms with van der Waals surface area (Å²) in [6.45, 7) is 0.725. The van der Waals surface area contributed by atoms with Crippen LogP contribution in [0, 0.1) is 0 Å². The highest BCUT2D eigenvalue weighted by Gasteiger charge is 2.42. The summed E-state index contributed by atoms with van der Waals surface area (Å²) in [4.78, 5) is 13.4. The van der Waals surface area contributed by atoms with Crippen molar-refractivity contribution in [3.63, 3.8) is 0 Å². The Hall–Kier alpha value is -0.190. The van der Waals surface area contributed by atoms with E-state index in [2.05, 4.69) is 0 Å². The third-order valence-corrected chi connectivity index (χ3v) is 3.83. The van der Waals surface area contributed by atoms with Crippen LogP contribution in [0.15, 0.2) is 0 Å². The molecule has 0 saturated carbocycles. The summed E-state index contributed by atoms with van der Waals surface area (Å²) < 4.78 is 10.2. The Balaban J connectivity index is 2.32. The van der Waals surface area contributed by atoms with Crippen LogP contribution in [0.25, 0.3) is 0 Å². The molecule has 1 aliphatic heterocycles. The Morgan fingerprint density at radius 1 is 1.04 bits per heavy atom. The quantitative estimate of drug-likeness (QED) is 0.286. The molecule has 0 spiro atoms. The average Bonchev–Trinajstić information content (AvgIpc) is 2.53. The number of carbonyl (C=O) groups is 1. The number of rotatable bonds is 9. The molecule has 10 heteroatoms. The van der Waals surface area contributed by atoms with Crippen molar-refractivity contribution >= 4 is 29.1 Å². The van der Waals surface area contributed by atoms with E-state index in [-0.39, 0.29) is 25.5 Å². The van der Waals surface area contributed by atoms with Gasteiger partial charge in [0.05, 0.1) is 19.6 Å². The highest BCUT2D eigenvalue weighted by Crippen LogP contribution is 2.20. The highest BCUT2D eigenvalue weighted by atomic mass is 35.5. The summed E-state index contributed by atoms with van der Waals surface area (Å²) >= 11 is 11.2. The molecule has 0 aromatic carbocycles. The summed E-state index contributed by atoms with van der Waals surface area (Å²) in [5.74, 6) is 0.458. The Morgan fingerprint density at radius 3 is 2.22 bits per heavy atom. The van der Waals surface area contributed by atoms with Gasteiger partial charge in [0.25, 0.3) is 0 Å². The molecule has 1 heterocycles. The van der Waals surface area contributed by atoms with Crippen molar-refractivity contribution in [3.8, 4) is 0 Å². The minimum Gasteiger partial charge on any atom is -0.387 e. The van der Waals surface area contributed by atoms with Crippen LogP contribution in [0.5, 0.6) is 0 Å². The molecule has 0 radical (unpaired) electrons. The zero-order chi connectivity index (χ0) is 17.4. The number of ether oxygens (including phenoxy) is 2. The van der Waals surface area contributed by atoms with Crippen molar-refractivity contribution < 1.29 is 34.7 Å². The van der Waals surface area contributed by atoms with Gasteiger partial charge in [-0.3, -0.25) is 4.79 Å². The van der Waals surface area contributed by atoms with Crippen LogP contribution in [0.4, 0.5) is 0 Å². The first kappa shape index (κ1) is 20.9. The van der Waals surface area contributed by atoms with Gasteiger partial charge in [-0.15, -0.1) is 23.2 Å². The van der Waals surface area contributed by atoms with Crippen LogP contribution in [-0.4, -0.2) is 100 Å². The normalized spacial score (nSPS) is 31.1. The second-order valence-corrected chi connectivity index (χ2v) is 5.88. The summed E-state index contributed by atoms with van der Waals surface area (Å²) in [5, 5.41) is 38.0. The zero-order valence-corrected chi connectivity index (χ0v) is 14.1. The van der Waals surface area contributed by atoms with Gasteiger partial charge in [0, 0.05) is 24.8 Å². The lowest BCUT2D eigenvalue weighted by Gasteiger charge is -2.38. The number of halogens is 2. The molecule has 0 aromatic heterocycles. The van der Waals surface area contributed by atoms with Gasteiger partial charge >= 0.3 is 0 Å². The minimum absolute atomic E-state index is 0.0707. The van der Waals surface area contributed by atoms with Crippen molar-refractivity contribution in [2.75, 3.05) is 38.1 Å². The number of amides is 1. The average molecular weight is 376 g/mol. The van der Waals surface area contributed by atoms with E-state index in [1.165, 1.54) is 4.90 Å². The molecule has 4 N–H and O–H groups in total. The largest absolute Gasteiger partial charge is 0.387 e. The molecule has 0 aromatic rings. The predicted molar refractivity (Wildman–Crippen MR) is 82.4 cm³/mol. The molecule has 0 bridgehead atoms. The molecule has 1 amide bonds. The van der Waals surface area contributed by atoms with Crippen molar-refractivity contribution in [1.82, 2.24) is 4.90 Å². The SMILES string of the molecule is O=C(CCOCC1OC(O)C(O)C(O)C1O)N(CCCl)CCCl. The third-order valence-electron chi connectivity index (χ3n) is 3.49. The monoisotopic (exact) mass is 375 g/mol. The van der Waals surface area contributed by atoms with E-state index in [1.807, 2.05) is 0 Å². The molecular weight excluding hydrogens is 353 g/mol. The van der Waals surface area contributed by atoms with Gasteiger partial charge in [-0.2, -0.15) is 0 Å². The van der Waals surface area contributed by atoms with Gasteiger partial charge in [-0.25, -0.2) is 0 Å². The molecule has 1 aliphatic rings. The van der Waals surface area contributed by atoms with Gasteiger partial charge in [-0.1, -0.05) is 0 Å². The second kappa shape index (κ2) is 10.6. The van der Waals surface area contributed by atoms with Crippen LogP contribution in [-0.2, 0) is 14.3 Å². The number of aliphatic hydroxyl groups is 4. The molecule has 5 atom stereocenters. The smallest absolute Gasteiger partial charge is 0.224 e. The van der Waals surface area contributed by atoms with Crippen LogP contribution in [0.3, 0.4) is 0 Å². The third kappa shape index (κ3) is 6.32. The number of hydrogen-bond donors (Lipinski definition) is 4. The molecule has 1 saturated heterocycles. The Kier molecular flexibility index (Phi) is 9.64. The minimum atomic E-state index is -1.61. The Labute approximate surface area is 144 Å². The van der Waals surface area contributed by atoms with E-state index in [0.29, 0.717) is 24.8 Å². The number of hydrogen-bond acceptors (Lipinski definition) is 7. The van der Waals surface area contributed by atoms with Gasteiger partial charge in [0.2, 0.25) is 5.91 Å². The van der Waals surface area contributed by atoms with Crippen molar-refractivity contribution in [3.05, 3.63) is 0 Å². The first-order valence-corrected chi connectivity index (χ1v) is 8.34. The van der Waals surface area contributed by atoms with Gasteiger partial charge in [0.15, 0.2) is 6.29 Å². The Bertz CT molecular complexity index is 357. The first-order chi connectivity index (χ1) is 10.9. The molecule has 5 unspecified atom stereocenters. The van der Waals surface area contributed by atoms with E-state index < -0.39 is 30.7 Å². The van der Waals surface area contributed by atoms with Gasteiger partial charge in [0.1, 0.15) is 24.4 Å². The number of aliphatic hydroxyl groups excluding tert-OH is 4. The fraction of sp³-hybridized carbons (Fsp3) is 0.923. The molecular formula is C13H23Cl2NO7. The molecule has 23 heavy (non-hydrogen) atoms. The van der Waals surface area contributed by atoms with Crippen LogP contribution < -0.4 is 0 Å².